The van der Waals surface area contributed by atoms with E-state index in [1.165, 1.54) is 5.56 Å². The standard InChI is InChI=1S/C15H19NO2/c16-13-8-2-6-11(13)14(17)12-7-1-4-10-5-3-9-18-15(10)12/h1,4,7,11,13H,2-3,5-6,8-9,16H2. The van der Waals surface area contributed by atoms with Crippen LogP contribution in [0.1, 0.15) is 41.6 Å². The highest BCUT2D eigenvalue weighted by Crippen LogP contribution is 2.34. The van der Waals surface area contributed by atoms with Crippen molar-refractivity contribution in [2.75, 3.05) is 6.61 Å². The van der Waals surface area contributed by atoms with Crippen molar-refractivity contribution in [3.8, 4) is 5.75 Å². The maximum atomic E-state index is 12.6. The Bertz CT molecular complexity index is 470. The first-order chi connectivity index (χ1) is 8.77. The maximum Gasteiger partial charge on any atom is 0.171 e. The van der Waals surface area contributed by atoms with E-state index >= 15 is 0 Å². The molecule has 96 valence electrons. The zero-order valence-corrected chi connectivity index (χ0v) is 10.5. The minimum absolute atomic E-state index is 0.0120. The summed E-state index contributed by atoms with van der Waals surface area (Å²) in [5, 5.41) is 0. The average molecular weight is 245 g/mol. The van der Waals surface area contributed by atoms with Crippen molar-refractivity contribution < 1.29 is 9.53 Å². The molecule has 3 heteroatoms. The van der Waals surface area contributed by atoms with Gasteiger partial charge in [-0.3, -0.25) is 4.79 Å². The smallest absolute Gasteiger partial charge is 0.171 e. The van der Waals surface area contributed by atoms with Gasteiger partial charge < -0.3 is 10.5 Å². The number of carbonyl (C=O) groups is 1. The molecule has 3 rings (SSSR count). The fraction of sp³-hybridized carbons (Fsp3) is 0.533. The normalized spacial score (nSPS) is 26.5. The van der Waals surface area contributed by atoms with Gasteiger partial charge in [0.25, 0.3) is 0 Å². The third-order valence-electron chi connectivity index (χ3n) is 4.11. The molecular formula is C15H19NO2. The molecule has 2 N–H and O–H groups in total. The molecule has 1 saturated carbocycles. The minimum atomic E-state index is -0.0120. The van der Waals surface area contributed by atoms with Crippen molar-refractivity contribution in [1.82, 2.24) is 0 Å². The van der Waals surface area contributed by atoms with E-state index in [1.807, 2.05) is 12.1 Å². The van der Waals surface area contributed by atoms with Crippen LogP contribution in [0.5, 0.6) is 5.75 Å². The van der Waals surface area contributed by atoms with Crippen LogP contribution in [0.15, 0.2) is 18.2 Å². The van der Waals surface area contributed by atoms with Crippen LogP contribution < -0.4 is 10.5 Å². The fourth-order valence-electron chi connectivity index (χ4n) is 3.10. The van der Waals surface area contributed by atoms with Gasteiger partial charge in [-0.2, -0.15) is 0 Å². The number of nitrogens with two attached hydrogens (primary N) is 1. The minimum Gasteiger partial charge on any atom is -0.493 e. The van der Waals surface area contributed by atoms with Gasteiger partial charge in [0.2, 0.25) is 0 Å². The molecule has 2 aliphatic rings. The topological polar surface area (TPSA) is 52.3 Å². The average Bonchev–Trinajstić information content (AvgIpc) is 2.83. The molecule has 0 radical (unpaired) electrons. The quantitative estimate of drug-likeness (QED) is 0.813. The number of ketones is 1. The van der Waals surface area contributed by atoms with E-state index < -0.39 is 0 Å². The third-order valence-corrected chi connectivity index (χ3v) is 4.11. The Morgan fingerprint density at radius 2 is 2.17 bits per heavy atom. The third kappa shape index (κ3) is 1.93. The van der Waals surface area contributed by atoms with Crippen molar-refractivity contribution in [1.29, 1.82) is 0 Å². The number of rotatable bonds is 2. The van der Waals surface area contributed by atoms with E-state index in [0.29, 0.717) is 6.61 Å². The molecule has 1 heterocycles. The molecule has 0 bridgehead atoms. The van der Waals surface area contributed by atoms with Gasteiger partial charge in [-0.25, -0.2) is 0 Å². The number of Topliss-reactive ketones (excluding diaryl/α,β-unsaturated/α-hetero) is 1. The number of benzene rings is 1. The first-order valence-electron chi connectivity index (χ1n) is 6.82. The molecule has 1 aromatic rings. The van der Waals surface area contributed by atoms with Crippen LogP contribution in [0.25, 0.3) is 0 Å². The molecule has 1 aromatic carbocycles. The summed E-state index contributed by atoms with van der Waals surface area (Å²) in [6.45, 7) is 0.716. The summed E-state index contributed by atoms with van der Waals surface area (Å²) in [5.74, 6) is 0.980. The Balaban J connectivity index is 1.94. The zero-order chi connectivity index (χ0) is 12.5. The second-order valence-corrected chi connectivity index (χ2v) is 5.31. The summed E-state index contributed by atoms with van der Waals surface area (Å²) in [6.07, 6.45) is 4.99. The van der Waals surface area contributed by atoms with Gasteiger partial charge >= 0.3 is 0 Å². The molecule has 2 atom stereocenters. The fourth-order valence-corrected chi connectivity index (χ4v) is 3.10. The SMILES string of the molecule is NC1CCCC1C(=O)c1cccc2c1OCCC2. The molecule has 18 heavy (non-hydrogen) atoms. The molecular weight excluding hydrogens is 226 g/mol. The number of hydrogen-bond acceptors (Lipinski definition) is 3. The van der Waals surface area contributed by atoms with Crippen molar-refractivity contribution >= 4 is 5.78 Å². The van der Waals surface area contributed by atoms with Gasteiger partial charge in [-0.05, 0) is 37.3 Å². The van der Waals surface area contributed by atoms with Crippen LogP contribution in [0, 0.1) is 5.92 Å². The van der Waals surface area contributed by atoms with Crippen molar-refractivity contribution in [3.63, 3.8) is 0 Å². The van der Waals surface area contributed by atoms with E-state index in [4.69, 9.17) is 10.5 Å². The number of aryl methyl sites for hydroxylation is 1. The van der Waals surface area contributed by atoms with Gasteiger partial charge in [0, 0.05) is 12.0 Å². The van der Waals surface area contributed by atoms with Gasteiger partial charge in [0.05, 0.1) is 12.2 Å². The van der Waals surface area contributed by atoms with Gasteiger partial charge in [0.1, 0.15) is 5.75 Å². The van der Waals surface area contributed by atoms with Crippen molar-refractivity contribution in [3.05, 3.63) is 29.3 Å². The number of carbonyl (C=O) groups excluding carboxylic acids is 1. The summed E-state index contributed by atoms with van der Waals surface area (Å²) in [6, 6.07) is 5.93. The molecule has 1 fully saturated rings. The summed E-state index contributed by atoms with van der Waals surface area (Å²) in [5.41, 5.74) is 7.94. The Labute approximate surface area is 107 Å². The number of ether oxygens (including phenoxy) is 1. The van der Waals surface area contributed by atoms with E-state index in [-0.39, 0.29) is 17.7 Å². The highest BCUT2D eigenvalue weighted by molar-refractivity contribution is 6.01. The molecule has 3 nitrogen and oxygen atoms in total. The number of hydrogen-bond donors (Lipinski definition) is 1. The molecule has 0 amide bonds. The summed E-state index contributed by atoms with van der Waals surface area (Å²) in [7, 11) is 0. The van der Waals surface area contributed by atoms with Gasteiger partial charge in [-0.1, -0.05) is 18.6 Å². The molecule has 1 aliphatic heterocycles. The maximum absolute atomic E-state index is 12.6. The van der Waals surface area contributed by atoms with Crippen molar-refractivity contribution in [2.45, 2.75) is 38.1 Å². The first kappa shape index (κ1) is 11.7. The Morgan fingerprint density at radius 3 is 2.94 bits per heavy atom. The molecule has 0 spiro atoms. The monoisotopic (exact) mass is 245 g/mol. The Morgan fingerprint density at radius 1 is 1.28 bits per heavy atom. The van der Waals surface area contributed by atoms with Gasteiger partial charge in [-0.15, -0.1) is 0 Å². The number of para-hydroxylation sites is 1. The summed E-state index contributed by atoms with van der Waals surface area (Å²) in [4.78, 5) is 12.6. The zero-order valence-electron chi connectivity index (χ0n) is 10.5. The largest absolute Gasteiger partial charge is 0.493 e. The predicted octanol–water partition coefficient (Wildman–Crippen LogP) is 2.32. The summed E-state index contributed by atoms with van der Waals surface area (Å²) < 4.78 is 5.71. The first-order valence-corrected chi connectivity index (χ1v) is 6.82. The second-order valence-electron chi connectivity index (χ2n) is 5.31. The molecule has 0 aromatic heterocycles. The lowest BCUT2D eigenvalue weighted by atomic mass is 9.90. The predicted molar refractivity (Wildman–Crippen MR) is 69.9 cm³/mol. The van der Waals surface area contributed by atoms with E-state index in [0.717, 1.165) is 43.4 Å². The van der Waals surface area contributed by atoms with Crippen LogP contribution in [-0.2, 0) is 6.42 Å². The van der Waals surface area contributed by atoms with E-state index in [1.54, 1.807) is 0 Å². The lowest BCUT2D eigenvalue weighted by Crippen LogP contribution is -2.31. The van der Waals surface area contributed by atoms with E-state index in [9.17, 15) is 4.79 Å². The highest BCUT2D eigenvalue weighted by atomic mass is 16.5. The van der Waals surface area contributed by atoms with Crippen LogP contribution in [0.3, 0.4) is 0 Å². The number of fused-ring (bicyclic) bond motifs is 1. The lowest BCUT2D eigenvalue weighted by Gasteiger charge is -2.22. The van der Waals surface area contributed by atoms with Crippen LogP contribution in [0.2, 0.25) is 0 Å². The molecule has 2 unspecified atom stereocenters. The Hall–Kier alpha value is -1.35. The van der Waals surface area contributed by atoms with Crippen LogP contribution >= 0.6 is 0 Å². The van der Waals surface area contributed by atoms with Crippen molar-refractivity contribution in [2.24, 2.45) is 11.7 Å². The highest BCUT2D eigenvalue weighted by Gasteiger charge is 2.33. The lowest BCUT2D eigenvalue weighted by molar-refractivity contribution is 0.0908. The van der Waals surface area contributed by atoms with Crippen LogP contribution in [-0.4, -0.2) is 18.4 Å². The van der Waals surface area contributed by atoms with Gasteiger partial charge in [0.15, 0.2) is 5.78 Å². The summed E-state index contributed by atoms with van der Waals surface area (Å²) >= 11 is 0. The molecule has 1 aliphatic carbocycles. The second kappa shape index (κ2) is 4.73. The molecule has 0 saturated heterocycles. The Kier molecular flexibility index (Phi) is 3.08. The van der Waals surface area contributed by atoms with E-state index in [2.05, 4.69) is 6.07 Å². The van der Waals surface area contributed by atoms with Crippen LogP contribution in [0.4, 0.5) is 0 Å².